The second kappa shape index (κ2) is 12.7. The van der Waals surface area contributed by atoms with Crippen LogP contribution in [0, 0.1) is 5.82 Å². The lowest BCUT2D eigenvalue weighted by atomic mass is 9.98. The fourth-order valence-corrected chi connectivity index (χ4v) is 5.47. The van der Waals surface area contributed by atoms with Gasteiger partial charge in [0.05, 0.1) is 30.9 Å². The number of hydrogen-bond acceptors (Lipinski definition) is 6. The van der Waals surface area contributed by atoms with E-state index in [1.54, 1.807) is 0 Å². The van der Waals surface area contributed by atoms with Crippen molar-refractivity contribution in [3.63, 3.8) is 0 Å². The monoisotopic (exact) mass is 508 g/mol. The largest absolute Gasteiger partial charge is 0.493 e. The molecule has 1 aliphatic carbocycles. The average Bonchev–Trinajstić information content (AvgIpc) is 2.87. The SMILES string of the molecule is COc1ccc(S(=O)(=O)N(CC(=O)NCCCOC2CCCCC2)c2ccccc2F)cc1OC. The Morgan fingerprint density at radius 1 is 1.06 bits per heavy atom. The molecule has 0 atom stereocenters. The summed E-state index contributed by atoms with van der Waals surface area (Å²) in [6.07, 6.45) is 6.63. The number of anilines is 1. The van der Waals surface area contributed by atoms with E-state index < -0.39 is 28.3 Å². The number of ether oxygens (including phenoxy) is 3. The summed E-state index contributed by atoms with van der Waals surface area (Å²) >= 11 is 0. The Labute approximate surface area is 206 Å². The number of benzene rings is 2. The number of nitrogens with zero attached hydrogens (tertiary/aromatic N) is 1. The van der Waals surface area contributed by atoms with E-state index in [-0.39, 0.29) is 22.4 Å². The molecule has 0 spiro atoms. The van der Waals surface area contributed by atoms with Crippen molar-refractivity contribution >= 4 is 21.6 Å². The summed E-state index contributed by atoms with van der Waals surface area (Å²) in [5.41, 5.74) is -0.224. The molecule has 1 amide bonds. The third-order valence-electron chi connectivity index (χ3n) is 5.90. The number of carbonyl (C=O) groups excluding carboxylic acids is 1. The number of para-hydroxylation sites is 1. The average molecular weight is 509 g/mol. The molecule has 1 fully saturated rings. The van der Waals surface area contributed by atoms with Crippen molar-refractivity contribution in [1.82, 2.24) is 5.32 Å². The molecule has 2 aromatic rings. The van der Waals surface area contributed by atoms with Crippen LogP contribution in [-0.2, 0) is 19.6 Å². The number of sulfonamides is 1. The van der Waals surface area contributed by atoms with Crippen LogP contribution < -0.4 is 19.1 Å². The molecule has 35 heavy (non-hydrogen) atoms. The van der Waals surface area contributed by atoms with Gasteiger partial charge in [-0.05, 0) is 43.5 Å². The van der Waals surface area contributed by atoms with Crippen LogP contribution in [0.5, 0.6) is 11.5 Å². The molecule has 0 aromatic heterocycles. The minimum atomic E-state index is -4.31. The molecule has 10 heteroatoms. The molecule has 1 N–H and O–H groups in total. The molecule has 0 saturated heterocycles. The molecule has 1 aliphatic rings. The van der Waals surface area contributed by atoms with Crippen LogP contribution in [0.2, 0.25) is 0 Å². The normalized spacial score (nSPS) is 14.4. The highest BCUT2D eigenvalue weighted by molar-refractivity contribution is 7.92. The summed E-state index contributed by atoms with van der Waals surface area (Å²) in [5.74, 6) is -0.762. The molecule has 0 bridgehead atoms. The molecule has 0 unspecified atom stereocenters. The van der Waals surface area contributed by atoms with Crippen LogP contribution in [0.4, 0.5) is 10.1 Å². The molecule has 1 saturated carbocycles. The number of carbonyl (C=O) groups is 1. The third kappa shape index (κ3) is 7.08. The first kappa shape index (κ1) is 26.7. The van der Waals surface area contributed by atoms with E-state index in [4.69, 9.17) is 14.2 Å². The van der Waals surface area contributed by atoms with Gasteiger partial charge < -0.3 is 19.5 Å². The Morgan fingerprint density at radius 3 is 2.46 bits per heavy atom. The highest BCUT2D eigenvalue weighted by Gasteiger charge is 2.30. The highest BCUT2D eigenvalue weighted by atomic mass is 32.2. The van der Waals surface area contributed by atoms with Crippen molar-refractivity contribution in [1.29, 1.82) is 0 Å². The molecule has 192 valence electrons. The van der Waals surface area contributed by atoms with E-state index in [1.807, 2.05) is 0 Å². The van der Waals surface area contributed by atoms with Gasteiger partial charge in [-0.3, -0.25) is 9.10 Å². The molecule has 2 aromatic carbocycles. The number of amides is 1. The summed E-state index contributed by atoms with van der Waals surface area (Å²) in [5, 5.41) is 2.71. The van der Waals surface area contributed by atoms with Crippen LogP contribution in [0.3, 0.4) is 0 Å². The maximum atomic E-state index is 14.6. The first-order valence-electron chi connectivity index (χ1n) is 11.7. The zero-order chi connectivity index (χ0) is 25.3. The first-order chi connectivity index (χ1) is 16.9. The minimum absolute atomic E-state index is 0.160. The summed E-state index contributed by atoms with van der Waals surface area (Å²) in [4.78, 5) is 12.5. The van der Waals surface area contributed by atoms with Gasteiger partial charge in [-0.25, -0.2) is 12.8 Å². The van der Waals surface area contributed by atoms with Crippen molar-refractivity contribution in [2.45, 2.75) is 49.5 Å². The Morgan fingerprint density at radius 2 is 1.77 bits per heavy atom. The molecule has 8 nitrogen and oxygen atoms in total. The number of halogens is 1. The van der Waals surface area contributed by atoms with Crippen LogP contribution in [0.25, 0.3) is 0 Å². The smallest absolute Gasteiger partial charge is 0.265 e. The maximum absolute atomic E-state index is 14.6. The van der Waals surface area contributed by atoms with Gasteiger partial charge in [-0.2, -0.15) is 0 Å². The number of methoxy groups -OCH3 is 2. The van der Waals surface area contributed by atoms with Crippen molar-refractivity contribution in [2.75, 3.05) is 38.2 Å². The van der Waals surface area contributed by atoms with Gasteiger partial charge in [-0.1, -0.05) is 31.4 Å². The first-order valence-corrected chi connectivity index (χ1v) is 13.2. The fourth-order valence-electron chi connectivity index (χ4n) is 4.03. The maximum Gasteiger partial charge on any atom is 0.265 e. The second-order valence-electron chi connectivity index (χ2n) is 8.31. The van der Waals surface area contributed by atoms with E-state index >= 15 is 0 Å². The molecule has 0 heterocycles. The molecule has 3 rings (SSSR count). The van der Waals surface area contributed by atoms with Crippen molar-refractivity contribution in [2.24, 2.45) is 0 Å². The number of nitrogens with one attached hydrogen (secondary N) is 1. The second-order valence-corrected chi connectivity index (χ2v) is 10.2. The van der Waals surface area contributed by atoms with Crippen LogP contribution in [-0.4, -0.2) is 54.3 Å². The summed E-state index contributed by atoms with van der Waals surface area (Å²) < 4.78 is 58.6. The Bertz CT molecular complexity index is 1090. The third-order valence-corrected chi connectivity index (χ3v) is 7.66. The Hall–Kier alpha value is -2.85. The summed E-state index contributed by atoms with van der Waals surface area (Å²) in [6, 6.07) is 9.47. The van der Waals surface area contributed by atoms with E-state index in [9.17, 15) is 17.6 Å². The molecular formula is C25H33FN2O6S. The summed E-state index contributed by atoms with van der Waals surface area (Å²) in [7, 11) is -1.49. The van der Waals surface area contributed by atoms with Gasteiger partial charge in [0.15, 0.2) is 11.5 Å². The van der Waals surface area contributed by atoms with Crippen LogP contribution >= 0.6 is 0 Å². The molecule has 0 radical (unpaired) electrons. The van der Waals surface area contributed by atoms with Crippen LogP contribution in [0.15, 0.2) is 47.4 Å². The van der Waals surface area contributed by atoms with Gasteiger partial charge >= 0.3 is 0 Å². The van der Waals surface area contributed by atoms with Gasteiger partial charge in [-0.15, -0.1) is 0 Å². The zero-order valence-corrected chi connectivity index (χ0v) is 21.0. The summed E-state index contributed by atoms with van der Waals surface area (Å²) in [6.45, 7) is 0.264. The van der Waals surface area contributed by atoms with E-state index in [2.05, 4.69) is 5.32 Å². The van der Waals surface area contributed by atoms with Gasteiger partial charge in [0.1, 0.15) is 12.4 Å². The van der Waals surface area contributed by atoms with Gasteiger partial charge in [0, 0.05) is 19.2 Å². The standard InChI is InChI=1S/C25H33FN2O6S/c1-32-23-14-13-20(17-24(23)33-2)35(30,31)28(22-12-7-6-11-21(22)26)18-25(29)27-15-8-16-34-19-9-4-3-5-10-19/h6-7,11-14,17,19H,3-5,8-10,15-16,18H2,1-2H3,(H,27,29). The highest BCUT2D eigenvalue weighted by Crippen LogP contribution is 2.32. The van der Waals surface area contributed by atoms with E-state index in [0.717, 1.165) is 23.2 Å². The fraction of sp³-hybridized carbons (Fsp3) is 0.480. The predicted molar refractivity (Wildman–Crippen MR) is 131 cm³/mol. The quantitative estimate of drug-likeness (QED) is 0.437. The van der Waals surface area contributed by atoms with E-state index in [0.29, 0.717) is 25.3 Å². The Kier molecular flexibility index (Phi) is 9.73. The van der Waals surface area contributed by atoms with Crippen LogP contribution in [0.1, 0.15) is 38.5 Å². The lowest BCUT2D eigenvalue weighted by Gasteiger charge is -2.25. The lowest BCUT2D eigenvalue weighted by Crippen LogP contribution is -2.41. The topological polar surface area (TPSA) is 94.2 Å². The minimum Gasteiger partial charge on any atom is -0.493 e. The number of hydrogen-bond donors (Lipinski definition) is 1. The van der Waals surface area contributed by atoms with Crippen molar-refractivity contribution in [3.05, 3.63) is 48.3 Å². The van der Waals surface area contributed by atoms with Gasteiger partial charge in [0.2, 0.25) is 5.91 Å². The predicted octanol–water partition coefficient (Wildman–Crippen LogP) is 3.89. The Balaban J connectivity index is 1.70. The molecule has 0 aliphatic heterocycles. The van der Waals surface area contributed by atoms with Gasteiger partial charge in [0.25, 0.3) is 10.0 Å². The molecular weight excluding hydrogens is 475 g/mol. The van der Waals surface area contributed by atoms with Crippen molar-refractivity contribution < 1.29 is 31.8 Å². The lowest BCUT2D eigenvalue weighted by molar-refractivity contribution is -0.119. The number of rotatable bonds is 12. The zero-order valence-electron chi connectivity index (χ0n) is 20.2. The van der Waals surface area contributed by atoms with Crippen molar-refractivity contribution in [3.8, 4) is 11.5 Å². The van der Waals surface area contributed by atoms with E-state index in [1.165, 1.54) is 69.9 Å².